The van der Waals surface area contributed by atoms with Gasteiger partial charge in [0.2, 0.25) is 0 Å². The van der Waals surface area contributed by atoms with Gasteiger partial charge in [-0.2, -0.15) is 0 Å². The normalized spacial score (nSPS) is 14.2. The van der Waals surface area contributed by atoms with Crippen molar-refractivity contribution >= 4 is 96.2 Å². The van der Waals surface area contributed by atoms with Gasteiger partial charge in [-0.3, -0.25) is 0 Å². The van der Waals surface area contributed by atoms with Crippen LogP contribution in [0.1, 0.15) is 79.1 Å². The van der Waals surface area contributed by atoms with E-state index in [1.165, 1.54) is 82.3 Å². The minimum atomic E-state index is -2.29. The Labute approximate surface area is 272 Å². The first-order valence-corrected chi connectivity index (χ1v) is 38.3. The molecule has 0 N–H and O–H groups in total. The fourth-order valence-electron chi connectivity index (χ4n) is 5.72. The van der Waals surface area contributed by atoms with Crippen LogP contribution in [0.5, 0.6) is 11.5 Å². The molecule has 0 saturated carbocycles. The molecular formula is C36H56O2S2Sn2. The van der Waals surface area contributed by atoms with Crippen LogP contribution in [0.4, 0.5) is 0 Å². The molecule has 2 aromatic carbocycles. The summed E-state index contributed by atoms with van der Waals surface area (Å²) in [7, 11) is 0. The van der Waals surface area contributed by atoms with Crippen LogP contribution in [0, 0.1) is 11.8 Å². The Kier molecular flexibility index (Phi) is 12.3. The molecular weight excluding hydrogens is 766 g/mol. The van der Waals surface area contributed by atoms with E-state index < -0.39 is 36.8 Å². The van der Waals surface area contributed by atoms with Crippen LogP contribution in [0.3, 0.4) is 0 Å². The third-order valence-corrected chi connectivity index (χ3v) is 30.0. The van der Waals surface area contributed by atoms with Crippen molar-refractivity contribution in [3.8, 4) is 11.5 Å². The van der Waals surface area contributed by atoms with Crippen LogP contribution in [-0.2, 0) is 0 Å². The molecule has 0 amide bonds. The Bertz CT molecular complexity index is 1360. The molecule has 232 valence electrons. The molecule has 2 atom stereocenters. The molecule has 4 aromatic rings. The van der Waals surface area contributed by atoms with Crippen molar-refractivity contribution < 1.29 is 9.47 Å². The van der Waals surface area contributed by atoms with E-state index >= 15 is 0 Å². The Morgan fingerprint density at radius 3 is 1.29 bits per heavy atom. The molecule has 0 aliphatic carbocycles. The molecule has 2 nitrogen and oxygen atoms in total. The molecule has 2 aromatic heterocycles. The van der Waals surface area contributed by atoms with Crippen molar-refractivity contribution in [1.29, 1.82) is 0 Å². The topological polar surface area (TPSA) is 18.5 Å². The van der Waals surface area contributed by atoms with Gasteiger partial charge in [0.05, 0.1) is 0 Å². The van der Waals surface area contributed by atoms with Crippen LogP contribution in [0.2, 0.25) is 29.6 Å². The summed E-state index contributed by atoms with van der Waals surface area (Å²) in [6.07, 6.45) is 9.88. The molecule has 0 aliphatic rings. The fraction of sp³-hybridized carbons (Fsp3) is 0.611. The van der Waals surface area contributed by atoms with Crippen LogP contribution in [0.25, 0.3) is 30.9 Å². The molecule has 0 bridgehead atoms. The molecule has 42 heavy (non-hydrogen) atoms. The molecule has 6 heteroatoms. The van der Waals surface area contributed by atoms with Gasteiger partial charge in [0.1, 0.15) is 0 Å². The minimum absolute atomic E-state index is 0.600. The molecule has 2 unspecified atom stereocenters. The number of ether oxygens (including phenoxy) is 2. The molecule has 0 fully saturated rings. The summed E-state index contributed by atoms with van der Waals surface area (Å²) in [4.78, 5) is 15.2. The van der Waals surface area contributed by atoms with Crippen molar-refractivity contribution in [2.75, 3.05) is 13.2 Å². The number of hydrogen-bond donors (Lipinski definition) is 0. The average molecular weight is 822 g/mol. The second-order valence-corrected chi connectivity index (χ2v) is 47.4. The fourth-order valence-corrected chi connectivity index (χ4v) is 18.6. The van der Waals surface area contributed by atoms with Gasteiger partial charge >= 0.3 is 275 Å². The quantitative estimate of drug-likeness (QED) is 0.105. The SMILES string of the molecule is CCCCC(CC)COc1cc2c[c]([Sn]([CH3])([CH3])[CH3])sc2c2c(OCC(CC)CCCC)cc3c[c]([Sn]([CH3])([CH3])[CH3])sc3c12. The van der Waals surface area contributed by atoms with E-state index in [-0.39, 0.29) is 0 Å². The van der Waals surface area contributed by atoms with E-state index in [1.807, 2.05) is 22.7 Å². The maximum absolute atomic E-state index is 6.92. The summed E-state index contributed by atoms with van der Waals surface area (Å²) in [5, 5.41) is 5.32. The summed E-state index contributed by atoms with van der Waals surface area (Å²) >= 11 is -0.479. The van der Waals surface area contributed by atoms with Gasteiger partial charge in [0.15, 0.2) is 0 Å². The second kappa shape index (κ2) is 14.9. The number of hydrogen-bond acceptors (Lipinski definition) is 4. The zero-order valence-electron chi connectivity index (χ0n) is 28.2. The number of rotatable bonds is 16. The molecule has 0 saturated heterocycles. The number of thiophene rings is 2. The Morgan fingerprint density at radius 2 is 0.976 bits per heavy atom. The van der Waals surface area contributed by atoms with Gasteiger partial charge in [-0.15, -0.1) is 0 Å². The predicted octanol–water partition coefficient (Wildman–Crippen LogP) is 11.5. The average Bonchev–Trinajstić information content (AvgIpc) is 3.57. The van der Waals surface area contributed by atoms with Gasteiger partial charge in [-0.05, 0) is 0 Å². The molecule has 0 radical (unpaired) electrons. The Hall–Kier alpha value is -0.183. The van der Waals surface area contributed by atoms with E-state index in [2.05, 4.69) is 81.6 Å². The van der Waals surface area contributed by atoms with Gasteiger partial charge < -0.3 is 0 Å². The Morgan fingerprint density at radius 1 is 0.595 bits per heavy atom. The summed E-state index contributed by atoms with van der Waals surface area (Å²) in [5.41, 5.74) is 0. The van der Waals surface area contributed by atoms with Gasteiger partial charge in [-0.25, -0.2) is 0 Å². The number of unbranched alkanes of at least 4 members (excludes halogenated alkanes) is 2. The first-order valence-electron chi connectivity index (χ1n) is 16.6. The monoisotopic (exact) mass is 824 g/mol. The van der Waals surface area contributed by atoms with E-state index in [9.17, 15) is 0 Å². The Balaban J connectivity index is 1.97. The van der Waals surface area contributed by atoms with Gasteiger partial charge in [-0.1, -0.05) is 0 Å². The van der Waals surface area contributed by atoms with Gasteiger partial charge in [0, 0.05) is 0 Å². The molecule has 0 aliphatic heterocycles. The van der Waals surface area contributed by atoms with Crippen LogP contribution < -0.4 is 15.3 Å². The van der Waals surface area contributed by atoms with Gasteiger partial charge in [0.25, 0.3) is 0 Å². The second-order valence-electron chi connectivity index (χ2n) is 14.5. The molecule has 0 spiro atoms. The van der Waals surface area contributed by atoms with E-state index in [0.29, 0.717) is 11.8 Å². The van der Waals surface area contributed by atoms with E-state index in [4.69, 9.17) is 9.47 Å². The third-order valence-electron chi connectivity index (χ3n) is 8.81. The summed E-state index contributed by atoms with van der Waals surface area (Å²) in [5.74, 6) is 3.35. The predicted molar refractivity (Wildman–Crippen MR) is 198 cm³/mol. The van der Waals surface area contributed by atoms with Crippen LogP contribution in [0.15, 0.2) is 24.3 Å². The maximum atomic E-state index is 6.92. The third kappa shape index (κ3) is 8.15. The van der Waals surface area contributed by atoms with Crippen LogP contribution >= 0.6 is 22.7 Å². The summed E-state index contributed by atoms with van der Waals surface area (Å²) in [6.45, 7) is 10.8. The molecule has 4 rings (SSSR count). The first-order chi connectivity index (χ1) is 19.9. The van der Waals surface area contributed by atoms with Crippen molar-refractivity contribution in [2.24, 2.45) is 11.8 Å². The zero-order chi connectivity index (χ0) is 30.7. The van der Waals surface area contributed by atoms with E-state index in [1.54, 1.807) is 5.79 Å². The number of benzene rings is 2. The van der Waals surface area contributed by atoms with Crippen molar-refractivity contribution in [1.82, 2.24) is 0 Å². The summed E-state index contributed by atoms with van der Waals surface area (Å²) < 4.78 is 19.9. The van der Waals surface area contributed by atoms with Crippen molar-refractivity contribution in [3.63, 3.8) is 0 Å². The summed E-state index contributed by atoms with van der Waals surface area (Å²) in [6, 6.07) is 9.79. The number of fused-ring (bicyclic) bond motifs is 5. The van der Waals surface area contributed by atoms with Crippen molar-refractivity contribution in [2.45, 2.75) is 109 Å². The first kappa shape index (κ1) is 34.7. The standard InChI is InChI=1S/C30H38O2S2.6CH3.2Sn/c1-5-9-11-21(7-3)19-31-25-17-23-13-15-34-30(23)28-26(32-20-22(8-4)12-10-6-2)18-24-14-16-33-29(24)27(25)28;;;;;;;;/h13-14,17-18,21-22H,5-12,19-20H2,1-4H3;6*1H3;;. The zero-order valence-corrected chi connectivity index (χ0v) is 35.5. The van der Waals surface area contributed by atoms with Crippen molar-refractivity contribution in [3.05, 3.63) is 24.3 Å². The van der Waals surface area contributed by atoms with Crippen LogP contribution in [-0.4, -0.2) is 50.0 Å². The molecule has 2 heterocycles. The van der Waals surface area contributed by atoms with E-state index in [0.717, 1.165) is 24.7 Å².